The molecule has 0 radical (unpaired) electrons. The molecule has 5 rings (SSSR count). The molecule has 11 atom stereocenters. The Morgan fingerprint density at radius 3 is 2.38 bits per heavy atom. The van der Waals surface area contributed by atoms with Crippen molar-refractivity contribution >= 4 is 0 Å². The lowest BCUT2D eigenvalue weighted by Gasteiger charge is -2.61. The molecule has 0 saturated heterocycles. The van der Waals surface area contributed by atoms with Crippen LogP contribution in [0, 0.1) is 63.6 Å². The van der Waals surface area contributed by atoms with Gasteiger partial charge in [0.15, 0.2) is 0 Å². The first-order valence-electron chi connectivity index (χ1n) is 14.4. The highest BCUT2D eigenvalue weighted by Gasteiger charge is 2.77. The lowest BCUT2D eigenvalue weighted by molar-refractivity contribution is -0.161. The van der Waals surface area contributed by atoms with Gasteiger partial charge in [0.05, 0.1) is 6.10 Å². The predicted molar refractivity (Wildman–Crippen MR) is 132 cm³/mol. The number of aliphatic hydroxyl groups is 1. The summed E-state index contributed by atoms with van der Waals surface area (Å²) in [4.78, 5) is 0. The molecule has 0 amide bonds. The molecule has 5 aliphatic rings. The average Bonchev–Trinajstić information content (AvgIpc) is 3.27. The van der Waals surface area contributed by atoms with E-state index in [1.54, 1.807) is 0 Å². The van der Waals surface area contributed by atoms with Crippen LogP contribution in [0.4, 0.5) is 0 Å². The van der Waals surface area contributed by atoms with Crippen molar-refractivity contribution in [3.05, 3.63) is 0 Å². The van der Waals surface area contributed by atoms with Crippen LogP contribution in [0.1, 0.15) is 105 Å². The van der Waals surface area contributed by atoms with E-state index < -0.39 is 0 Å². The second-order valence-electron chi connectivity index (χ2n) is 14.0. The normalized spacial score (nSPS) is 51.0. The van der Waals surface area contributed by atoms with E-state index in [1.807, 2.05) is 7.11 Å². The summed E-state index contributed by atoms with van der Waals surface area (Å²) < 4.78 is 6.31. The van der Waals surface area contributed by atoms with Gasteiger partial charge in [-0.05, 0) is 122 Å². The van der Waals surface area contributed by atoms with E-state index in [0.717, 1.165) is 41.9 Å². The number of ether oxygens (including phenoxy) is 1. The molecule has 0 heterocycles. The maximum atomic E-state index is 9.51. The molecular formula is C30H52O2. The number of hydrogen-bond donors (Lipinski definition) is 1. The number of rotatable bonds is 8. The number of hydrogen-bond acceptors (Lipinski definition) is 2. The molecule has 0 unspecified atom stereocenters. The molecule has 1 N–H and O–H groups in total. The van der Waals surface area contributed by atoms with Gasteiger partial charge in [-0.2, -0.15) is 0 Å². The monoisotopic (exact) mass is 444 g/mol. The summed E-state index contributed by atoms with van der Waals surface area (Å²) in [5, 5.41) is 9.51. The summed E-state index contributed by atoms with van der Waals surface area (Å²) in [5.74, 6) is 6.88. The number of methoxy groups -OCH3 is 1. The van der Waals surface area contributed by atoms with Gasteiger partial charge in [-0.1, -0.05) is 41.0 Å². The fourth-order valence-corrected chi connectivity index (χ4v) is 11.2. The van der Waals surface area contributed by atoms with Gasteiger partial charge in [0.25, 0.3) is 0 Å². The Morgan fingerprint density at radius 1 is 0.938 bits per heavy atom. The Labute approximate surface area is 198 Å². The van der Waals surface area contributed by atoms with Gasteiger partial charge >= 0.3 is 0 Å². The molecule has 0 aromatic rings. The van der Waals surface area contributed by atoms with E-state index in [1.165, 1.54) is 64.2 Å². The molecule has 0 aromatic carbocycles. The third-order valence-electron chi connectivity index (χ3n) is 13.0. The molecule has 0 aromatic heterocycles. The first-order valence-corrected chi connectivity index (χ1v) is 14.4. The number of aliphatic hydroxyl groups excluding tert-OH is 1. The standard InChI is InChI=1S/C30H52O2/c1-19(2)21(13-16-31)8-7-20(3)24-9-10-25-23-17-27(32-6)30-18-22(30)11-15-29(30,5)26(23)12-14-28(24,25)4/h19-27,31H,7-18H2,1-6H3/t20-,21-,22+,23+,24-,25+,26+,27-,28-,29-,30+/m1/s1. The van der Waals surface area contributed by atoms with Crippen LogP contribution in [-0.2, 0) is 4.74 Å². The van der Waals surface area contributed by atoms with E-state index in [9.17, 15) is 5.11 Å². The molecule has 2 heteroatoms. The van der Waals surface area contributed by atoms with Crippen LogP contribution in [0.15, 0.2) is 0 Å². The van der Waals surface area contributed by atoms with Crippen molar-refractivity contribution in [2.75, 3.05) is 13.7 Å². The largest absolute Gasteiger partial charge is 0.396 e. The molecular weight excluding hydrogens is 392 g/mol. The maximum Gasteiger partial charge on any atom is 0.0638 e. The van der Waals surface area contributed by atoms with Crippen molar-refractivity contribution in [3.63, 3.8) is 0 Å². The molecule has 0 aliphatic heterocycles. The van der Waals surface area contributed by atoms with Crippen LogP contribution in [0.5, 0.6) is 0 Å². The van der Waals surface area contributed by atoms with Crippen LogP contribution in [0.25, 0.3) is 0 Å². The highest BCUT2D eigenvalue weighted by Crippen LogP contribution is 2.82. The van der Waals surface area contributed by atoms with Crippen molar-refractivity contribution in [1.29, 1.82) is 0 Å². The van der Waals surface area contributed by atoms with Crippen LogP contribution >= 0.6 is 0 Å². The third kappa shape index (κ3) is 3.16. The Balaban J connectivity index is 1.31. The summed E-state index contributed by atoms with van der Waals surface area (Å²) in [7, 11) is 2.02. The van der Waals surface area contributed by atoms with Crippen molar-refractivity contribution in [2.45, 2.75) is 111 Å². The van der Waals surface area contributed by atoms with Crippen molar-refractivity contribution in [3.8, 4) is 0 Å². The van der Waals surface area contributed by atoms with Crippen LogP contribution < -0.4 is 0 Å². The molecule has 2 nitrogen and oxygen atoms in total. The van der Waals surface area contributed by atoms with Gasteiger partial charge in [-0.3, -0.25) is 0 Å². The second-order valence-corrected chi connectivity index (χ2v) is 14.0. The van der Waals surface area contributed by atoms with Crippen LogP contribution in [0.3, 0.4) is 0 Å². The maximum absolute atomic E-state index is 9.51. The fraction of sp³-hybridized carbons (Fsp3) is 1.00. The van der Waals surface area contributed by atoms with E-state index >= 15 is 0 Å². The second kappa shape index (κ2) is 8.25. The topological polar surface area (TPSA) is 29.5 Å². The Bertz CT molecular complexity index is 688. The first-order chi connectivity index (χ1) is 15.2. The Kier molecular flexibility index (Phi) is 6.10. The van der Waals surface area contributed by atoms with Crippen molar-refractivity contribution < 1.29 is 9.84 Å². The Morgan fingerprint density at radius 2 is 1.72 bits per heavy atom. The zero-order valence-corrected chi connectivity index (χ0v) is 22.0. The van der Waals surface area contributed by atoms with Crippen LogP contribution in [0.2, 0.25) is 0 Å². The fourth-order valence-electron chi connectivity index (χ4n) is 11.2. The smallest absolute Gasteiger partial charge is 0.0638 e. The molecule has 184 valence electrons. The SMILES string of the molecule is CO[C@@H]1C[C@H]2[C@@H]3CC[C@H]([C@H](C)CC[C@H](CCO)C(C)C)[C@@]3(C)CC[C@@H]2[C@@]2(C)CC[C@H]3C[C@]312. The zero-order chi connectivity index (χ0) is 22.9. The van der Waals surface area contributed by atoms with Crippen molar-refractivity contribution in [2.24, 2.45) is 63.6 Å². The lowest BCUT2D eigenvalue weighted by Crippen LogP contribution is -2.57. The minimum atomic E-state index is 0.352. The summed E-state index contributed by atoms with van der Waals surface area (Å²) in [6, 6.07) is 0. The van der Waals surface area contributed by atoms with E-state index in [0.29, 0.717) is 40.8 Å². The third-order valence-corrected chi connectivity index (χ3v) is 13.0. The molecule has 0 bridgehead atoms. The van der Waals surface area contributed by atoms with Gasteiger partial charge in [-0.15, -0.1) is 0 Å². The summed E-state index contributed by atoms with van der Waals surface area (Å²) in [5.41, 5.74) is 1.66. The van der Waals surface area contributed by atoms with E-state index in [2.05, 4.69) is 34.6 Å². The summed E-state index contributed by atoms with van der Waals surface area (Å²) in [6.45, 7) is 13.0. The minimum absolute atomic E-state index is 0.352. The van der Waals surface area contributed by atoms with E-state index in [4.69, 9.17) is 4.74 Å². The highest BCUT2D eigenvalue weighted by molar-refractivity contribution is 5.26. The van der Waals surface area contributed by atoms with E-state index in [-0.39, 0.29) is 0 Å². The van der Waals surface area contributed by atoms with Gasteiger partial charge in [-0.25, -0.2) is 0 Å². The quantitative estimate of drug-likeness (QED) is 0.424. The average molecular weight is 445 g/mol. The lowest BCUT2D eigenvalue weighted by atomic mass is 9.45. The summed E-state index contributed by atoms with van der Waals surface area (Å²) in [6.07, 6.45) is 15.9. The molecule has 5 fully saturated rings. The molecule has 1 spiro atoms. The van der Waals surface area contributed by atoms with Gasteiger partial charge in [0, 0.05) is 19.1 Å². The van der Waals surface area contributed by atoms with Gasteiger partial charge in [0.1, 0.15) is 0 Å². The molecule has 5 saturated carbocycles. The molecule has 5 aliphatic carbocycles. The summed E-state index contributed by atoms with van der Waals surface area (Å²) >= 11 is 0. The zero-order valence-electron chi connectivity index (χ0n) is 22.0. The van der Waals surface area contributed by atoms with Gasteiger partial charge in [0.2, 0.25) is 0 Å². The van der Waals surface area contributed by atoms with Crippen molar-refractivity contribution in [1.82, 2.24) is 0 Å². The highest BCUT2D eigenvalue weighted by atomic mass is 16.5. The Hall–Kier alpha value is -0.0800. The predicted octanol–water partition coefficient (Wildman–Crippen LogP) is 7.34. The van der Waals surface area contributed by atoms with Crippen LogP contribution in [-0.4, -0.2) is 24.9 Å². The number of fused-ring (bicyclic) bond motifs is 4. The minimum Gasteiger partial charge on any atom is -0.396 e. The first kappa shape index (κ1) is 23.7. The molecule has 32 heavy (non-hydrogen) atoms. The van der Waals surface area contributed by atoms with Gasteiger partial charge < -0.3 is 9.84 Å².